The number of hydrogen-bond donors (Lipinski definition) is 1. The van der Waals surface area contributed by atoms with Crippen LogP contribution in [0.5, 0.6) is 0 Å². The number of nitrogens with two attached hydrogens (primary N) is 1. The molecule has 0 atom stereocenters. The Morgan fingerprint density at radius 2 is 2.50 bits per heavy atom. The number of amides is 1. The molecule has 0 spiro atoms. The van der Waals surface area contributed by atoms with E-state index in [1.807, 2.05) is 0 Å². The Morgan fingerprint density at radius 3 is 3.00 bits per heavy atom. The van der Waals surface area contributed by atoms with E-state index in [2.05, 4.69) is 0 Å². The highest BCUT2D eigenvalue weighted by Gasteiger charge is 2.19. The lowest BCUT2D eigenvalue weighted by Gasteiger charge is -2.12. The van der Waals surface area contributed by atoms with Crippen LogP contribution in [0.1, 0.15) is 12.8 Å². The van der Waals surface area contributed by atoms with Gasteiger partial charge in [0.15, 0.2) is 0 Å². The molecule has 0 aromatic heterocycles. The van der Waals surface area contributed by atoms with E-state index in [1.165, 1.54) is 5.06 Å². The molecule has 0 aromatic rings. The summed E-state index contributed by atoms with van der Waals surface area (Å²) in [5, 5.41) is 1.40. The first-order valence-electron chi connectivity index (χ1n) is 3.48. The average Bonchev–Trinajstić information content (AvgIpc) is 2.31. The summed E-state index contributed by atoms with van der Waals surface area (Å²) in [6.07, 6.45) is 1.33. The average molecular weight is 144 g/mol. The van der Waals surface area contributed by atoms with Crippen LogP contribution in [0.25, 0.3) is 0 Å². The highest BCUT2D eigenvalue weighted by Crippen LogP contribution is 2.05. The van der Waals surface area contributed by atoms with Gasteiger partial charge in [-0.25, -0.2) is 5.06 Å². The lowest BCUT2D eigenvalue weighted by atomic mass is 10.4. The van der Waals surface area contributed by atoms with Gasteiger partial charge in [0.2, 0.25) is 5.91 Å². The van der Waals surface area contributed by atoms with Gasteiger partial charge in [-0.15, -0.1) is 0 Å². The van der Waals surface area contributed by atoms with Crippen molar-refractivity contribution in [2.24, 2.45) is 5.73 Å². The van der Waals surface area contributed by atoms with E-state index in [9.17, 15) is 4.79 Å². The molecule has 0 unspecified atom stereocenters. The standard InChI is InChI=1S/C6H12N2O2/c7-3-1-4-8-6(9)2-5-10-8/h1-5,7H2. The molecule has 1 heterocycles. The summed E-state index contributed by atoms with van der Waals surface area (Å²) < 4.78 is 0. The van der Waals surface area contributed by atoms with Crippen molar-refractivity contribution in [2.45, 2.75) is 12.8 Å². The van der Waals surface area contributed by atoms with Crippen LogP contribution in [0, 0.1) is 0 Å². The Balaban J connectivity index is 2.20. The number of nitrogens with zero attached hydrogens (tertiary/aromatic N) is 1. The first-order chi connectivity index (χ1) is 4.84. The van der Waals surface area contributed by atoms with Gasteiger partial charge in [0.05, 0.1) is 13.0 Å². The molecule has 1 saturated heterocycles. The molecule has 1 amide bonds. The first-order valence-corrected chi connectivity index (χ1v) is 3.48. The summed E-state index contributed by atoms with van der Waals surface area (Å²) in [6, 6.07) is 0. The molecule has 1 fully saturated rings. The molecule has 0 aromatic carbocycles. The van der Waals surface area contributed by atoms with Crippen molar-refractivity contribution in [3.8, 4) is 0 Å². The van der Waals surface area contributed by atoms with Crippen LogP contribution in [0.4, 0.5) is 0 Å². The molecule has 58 valence electrons. The van der Waals surface area contributed by atoms with E-state index in [0.717, 1.165) is 6.42 Å². The Hall–Kier alpha value is -0.610. The smallest absolute Gasteiger partial charge is 0.248 e. The molecule has 2 N–H and O–H groups in total. The molecule has 10 heavy (non-hydrogen) atoms. The molecule has 0 saturated carbocycles. The predicted octanol–water partition coefficient (Wildman–Crippen LogP) is -0.501. The second-order valence-electron chi connectivity index (χ2n) is 2.22. The fraction of sp³-hybridized carbons (Fsp3) is 0.833. The van der Waals surface area contributed by atoms with Crippen LogP contribution in [0.2, 0.25) is 0 Å². The van der Waals surface area contributed by atoms with Crippen molar-refractivity contribution in [3.05, 3.63) is 0 Å². The topological polar surface area (TPSA) is 55.6 Å². The number of carbonyl (C=O) groups excluding carboxylic acids is 1. The second kappa shape index (κ2) is 3.53. The van der Waals surface area contributed by atoms with Crippen LogP contribution in [0.3, 0.4) is 0 Å². The molecule has 1 aliphatic rings. The van der Waals surface area contributed by atoms with E-state index in [4.69, 9.17) is 10.6 Å². The van der Waals surface area contributed by atoms with E-state index >= 15 is 0 Å². The summed E-state index contributed by atoms with van der Waals surface area (Å²) in [5.41, 5.74) is 5.26. The molecule has 0 aliphatic carbocycles. The van der Waals surface area contributed by atoms with E-state index in [1.54, 1.807) is 0 Å². The normalized spacial score (nSPS) is 18.5. The van der Waals surface area contributed by atoms with E-state index < -0.39 is 0 Å². The van der Waals surface area contributed by atoms with Crippen molar-refractivity contribution in [2.75, 3.05) is 19.7 Å². The minimum atomic E-state index is 0.0773. The van der Waals surface area contributed by atoms with Gasteiger partial charge in [-0.3, -0.25) is 9.63 Å². The summed E-state index contributed by atoms with van der Waals surface area (Å²) in [6.45, 7) is 1.77. The second-order valence-corrected chi connectivity index (χ2v) is 2.22. The minimum absolute atomic E-state index is 0.0773. The predicted molar refractivity (Wildman–Crippen MR) is 36.0 cm³/mol. The maximum absolute atomic E-state index is 10.8. The number of carbonyl (C=O) groups is 1. The summed E-state index contributed by atoms with van der Waals surface area (Å²) >= 11 is 0. The van der Waals surface area contributed by atoms with Crippen LogP contribution < -0.4 is 5.73 Å². The Morgan fingerprint density at radius 1 is 1.70 bits per heavy atom. The van der Waals surface area contributed by atoms with Gasteiger partial charge in [-0.05, 0) is 13.0 Å². The minimum Gasteiger partial charge on any atom is -0.330 e. The fourth-order valence-electron chi connectivity index (χ4n) is 0.864. The quantitative estimate of drug-likeness (QED) is 0.581. The largest absolute Gasteiger partial charge is 0.330 e. The van der Waals surface area contributed by atoms with Crippen molar-refractivity contribution in [1.29, 1.82) is 0 Å². The van der Waals surface area contributed by atoms with Crippen LogP contribution >= 0.6 is 0 Å². The molecular formula is C6H12N2O2. The maximum atomic E-state index is 10.8. The third-order valence-corrected chi connectivity index (χ3v) is 1.41. The van der Waals surface area contributed by atoms with Gasteiger partial charge >= 0.3 is 0 Å². The van der Waals surface area contributed by atoms with Gasteiger partial charge in [0.25, 0.3) is 0 Å². The first kappa shape index (κ1) is 7.50. The molecule has 1 aliphatic heterocycles. The van der Waals surface area contributed by atoms with Crippen molar-refractivity contribution >= 4 is 5.91 Å². The van der Waals surface area contributed by atoms with Gasteiger partial charge in [0.1, 0.15) is 0 Å². The van der Waals surface area contributed by atoms with Crippen molar-refractivity contribution in [3.63, 3.8) is 0 Å². The maximum Gasteiger partial charge on any atom is 0.248 e. The molecule has 1 rings (SSSR count). The number of hydroxylamine groups is 2. The SMILES string of the molecule is NCCCN1OCCC1=O. The third-order valence-electron chi connectivity index (χ3n) is 1.41. The fourth-order valence-corrected chi connectivity index (χ4v) is 0.864. The molecule has 4 nitrogen and oxygen atoms in total. The van der Waals surface area contributed by atoms with Crippen molar-refractivity contribution in [1.82, 2.24) is 5.06 Å². The number of hydrogen-bond acceptors (Lipinski definition) is 3. The molecule has 0 bridgehead atoms. The van der Waals surface area contributed by atoms with Crippen LogP contribution in [0.15, 0.2) is 0 Å². The molecule has 4 heteroatoms. The van der Waals surface area contributed by atoms with Crippen LogP contribution in [-0.4, -0.2) is 30.7 Å². The Labute approximate surface area is 59.9 Å². The van der Waals surface area contributed by atoms with E-state index in [0.29, 0.717) is 26.1 Å². The Kier molecular flexibility index (Phi) is 2.65. The van der Waals surface area contributed by atoms with Crippen LogP contribution in [-0.2, 0) is 9.63 Å². The van der Waals surface area contributed by atoms with Gasteiger partial charge in [0, 0.05) is 6.54 Å². The van der Waals surface area contributed by atoms with E-state index in [-0.39, 0.29) is 5.91 Å². The van der Waals surface area contributed by atoms with Gasteiger partial charge in [-0.1, -0.05) is 0 Å². The lowest BCUT2D eigenvalue weighted by Crippen LogP contribution is -2.25. The number of rotatable bonds is 3. The third kappa shape index (κ3) is 1.68. The monoisotopic (exact) mass is 144 g/mol. The Bertz CT molecular complexity index is 127. The summed E-state index contributed by atoms with van der Waals surface area (Å²) in [4.78, 5) is 15.8. The highest BCUT2D eigenvalue weighted by molar-refractivity contribution is 5.76. The zero-order valence-electron chi connectivity index (χ0n) is 5.88. The zero-order chi connectivity index (χ0) is 7.40. The molecular weight excluding hydrogens is 132 g/mol. The van der Waals surface area contributed by atoms with Gasteiger partial charge in [-0.2, -0.15) is 0 Å². The zero-order valence-corrected chi connectivity index (χ0v) is 5.88. The highest BCUT2D eigenvalue weighted by atomic mass is 16.7. The van der Waals surface area contributed by atoms with Gasteiger partial charge < -0.3 is 5.73 Å². The van der Waals surface area contributed by atoms with Crippen molar-refractivity contribution < 1.29 is 9.63 Å². The summed E-state index contributed by atoms with van der Waals surface area (Å²) in [5.74, 6) is 0.0773. The lowest BCUT2D eigenvalue weighted by molar-refractivity contribution is -0.161. The molecule has 0 radical (unpaired) electrons. The summed E-state index contributed by atoms with van der Waals surface area (Å²) in [7, 11) is 0.